The van der Waals surface area contributed by atoms with Gasteiger partial charge in [0, 0.05) is 49.5 Å². The quantitative estimate of drug-likeness (QED) is 0.354. The van der Waals surface area contributed by atoms with Crippen molar-refractivity contribution in [1.82, 2.24) is 24.4 Å². The number of nitrogens with zero attached hydrogens (tertiary/aromatic N) is 5. The zero-order chi connectivity index (χ0) is 27.4. The molecule has 0 aromatic carbocycles. The zero-order valence-corrected chi connectivity index (χ0v) is 24.7. The van der Waals surface area contributed by atoms with E-state index in [1.165, 1.54) is 67.4 Å². The first-order valence-corrected chi connectivity index (χ1v) is 15.9. The van der Waals surface area contributed by atoms with Crippen LogP contribution in [0.3, 0.4) is 0 Å². The summed E-state index contributed by atoms with van der Waals surface area (Å²) < 4.78 is 2.21. The Morgan fingerprint density at radius 3 is 2.41 bits per heavy atom. The normalized spacial score (nSPS) is 27.5. The Morgan fingerprint density at radius 1 is 1.03 bits per heavy atom. The van der Waals surface area contributed by atoms with E-state index in [2.05, 4.69) is 59.4 Å². The highest BCUT2D eigenvalue weighted by molar-refractivity contribution is 5.58. The molecule has 2 saturated carbocycles. The molecule has 0 radical (unpaired) electrons. The van der Waals surface area contributed by atoms with Crippen molar-refractivity contribution in [3.63, 3.8) is 0 Å². The molecule has 1 atom stereocenters. The Kier molecular flexibility index (Phi) is 9.49. The van der Waals surface area contributed by atoms with Crippen LogP contribution < -0.4 is 5.32 Å². The standard InChI is InChI=1S/C32H52N6O/c1-5-6-7-8-23(2)34-32-33-22-31-29(21-30(38(31)35-32)27-13-15-28(39)16-14-27)26-11-9-25(10-12-26)24(3)37-19-17-36(4)18-20-37/h21-23,25-28,39H,3,5-20H2,1-2,4H3,(H,34,35)/t23-,25?,26?,27?,28?/m0/s1. The van der Waals surface area contributed by atoms with Crippen molar-refractivity contribution >= 4 is 11.5 Å². The summed E-state index contributed by atoms with van der Waals surface area (Å²) in [6, 6.07) is 2.82. The Hall–Kier alpha value is -2.12. The zero-order valence-electron chi connectivity index (χ0n) is 24.7. The number of unbranched alkanes of at least 4 members (excludes halogenated alkanes) is 2. The molecule has 0 amide bonds. The molecule has 39 heavy (non-hydrogen) atoms. The van der Waals surface area contributed by atoms with E-state index >= 15 is 0 Å². The maximum Gasteiger partial charge on any atom is 0.241 e. The van der Waals surface area contributed by atoms with Crippen LogP contribution in [-0.2, 0) is 0 Å². The summed E-state index contributed by atoms with van der Waals surface area (Å²) in [6.07, 6.45) is 15.5. The lowest BCUT2D eigenvalue weighted by atomic mass is 9.77. The maximum absolute atomic E-state index is 10.1. The van der Waals surface area contributed by atoms with Crippen LogP contribution in [0.5, 0.6) is 0 Å². The number of anilines is 1. The SMILES string of the molecule is C=C(C1CCC(c2cc(C3CCC(O)CC3)n3nc(N[C@@H](C)CCCCC)ncc23)CC1)N1CCN(C)CC1. The van der Waals surface area contributed by atoms with E-state index in [4.69, 9.17) is 10.1 Å². The molecule has 2 N–H and O–H groups in total. The van der Waals surface area contributed by atoms with Crippen molar-refractivity contribution in [2.45, 2.75) is 115 Å². The molecule has 3 heterocycles. The average molecular weight is 537 g/mol. The number of allylic oxidation sites excluding steroid dienone is 1. The van der Waals surface area contributed by atoms with E-state index in [0.29, 0.717) is 23.8 Å². The van der Waals surface area contributed by atoms with Crippen LogP contribution in [0.25, 0.3) is 5.52 Å². The molecule has 0 unspecified atom stereocenters. The molecule has 7 heteroatoms. The van der Waals surface area contributed by atoms with Crippen molar-refractivity contribution in [3.8, 4) is 0 Å². The van der Waals surface area contributed by atoms with Gasteiger partial charge in [-0.3, -0.25) is 0 Å². The van der Waals surface area contributed by atoms with Crippen molar-refractivity contribution in [1.29, 1.82) is 0 Å². The highest BCUT2D eigenvalue weighted by Crippen LogP contribution is 2.43. The van der Waals surface area contributed by atoms with Gasteiger partial charge in [-0.25, -0.2) is 9.50 Å². The Morgan fingerprint density at radius 2 is 1.72 bits per heavy atom. The average Bonchev–Trinajstić information content (AvgIpc) is 3.32. The van der Waals surface area contributed by atoms with Gasteiger partial charge in [-0.2, -0.15) is 0 Å². The van der Waals surface area contributed by atoms with Gasteiger partial charge in [0.15, 0.2) is 0 Å². The first-order chi connectivity index (χ1) is 18.9. The van der Waals surface area contributed by atoms with Crippen LogP contribution in [0.15, 0.2) is 24.5 Å². The summed E-state index contributed by atoms with van der Waals surface area (Å²) in [5.41, 5.74) is 5.31. The first kappa shape index (κ1) is 28.4. The monoisotopic (exact) mass is 536 g/mol. The minimum atomic E-state index is -0.147. The van der Waals surface area contributed by atoms with Crippen molar-refractivity contribution in [2.75, 3.05) is 38.5 Å². The van der Waals surface area contributed by atoms with Crippen molar-refractivity contribution < 1.29 is 5.11 Å². The number of aliphatic hydroxyl groups is 1. The third-order valence-electron chi connectivity index (χ3n) is 9.85. The van der Waals surface area contributed by atoms with Gasteiger partial charge < -0.3 is 20.2 Å². The lowest BCUT2D eigenvalue weighted by Gasteiger charge is -2.40. The van der Waals surface area contributed by atoms with Gasteiger partial charge in [-0.1, -0.05) is 32.8 Å². The fourth-order valence-electron chi connectivity index (χ4n) is 7.18. The number of likely N-dealkylation sites (N-methyl/N-ethyl adjacent to an activating group) is 1. The topological polar surface area (TPSA) is 68.9 Å². The molecule has 3 fully saturated rings. The van der Waals surface area contributed by atoms with Gasteiger partial charge in [0.25, 0.3) is 0 Å². The van der Waals surface area contributed by atoms with E-state index in [0.717, 1.165) is 64.2 Å². The second-order valence-electron chi connectivity index (χ2n) is 12.8. The molecule has 2 aromatic rings. The molecule has 1 aliphatic heterocycles. The fraction of sp³-hybridized carbons (Fsp3) is 0.750. The second kappa shape index (κ2) is 13.0. The number of rotatable bonds is 10. The van der Waals surface area contributed by atoms with E-state index in [1.54, 1.807) is 0 Å². The van der Waals surface area contributed by atoms with Crippen LogP contribution in [0, 0.1) is 5.92 Å². The molecular formula is C32H52N6O. The summed E-state index contributed by atoms with van der Waals surface area (Å²) in [4.78, 5) is 9.76. The number of hydrogen-bond acceptors (Lipinski definition) is 6. The number of piperazine rings is 1. The lowest BCUT2D eigenvalue weighted by molar-refractivity contribution is 0.121. The molecule has 0 spiro atoms. The van der Waals surface area contributed by atoms with E-state index in [9.17, 15) is 5.11 Å². The van der Waals surface area contributed by atoms with Gasteiger partial charge >= 0.3 is 0 Å². The number of fused-ring (bicyclic) bond motifs is 1. The Labute approximate surface area is 236 Å². The number of hydrogen-bond donors (Lipinski definition) is 2. The maximum atomic E-state index is 10.1. The van der Waals surface area contributed by atoms with E-state index < -0.39 is 0 Å². The van der Waals surface area contributed by atoms with Crippen LogP contribution in [-0.4, -0.2) is 74.9 Å². The minimum Gasteiger partial charge on any atom is -0.393 e. The van der Waals surface area contributed by atoms with E-state index in [1.807, 2.05) is 0 Å². The van der Waals surface area contributed by atoms with Gasteiger partial charge in [-0.05, 0) is 95.2 Å². The summed E-state index contributed by atoms with van der Waals surface area (Å²) in [5, 5.41) is 18.8. The highest BCUT2D eigenvalue weighted by atomic mass is 16.3. The number of aliphatic hydroxyl groups excluding tert-OH is 1. The summed E-state index contributed by atoms with van der Waals surface area (Å²) >= 11 is 0. The molecule has 7 nitrogen and oxygen atoms in total. The smallest absolute Gasteiger partial charge is 0.241 e. The predicted octanol–water partition coefficient (Wildman–Crippen LogP) is 6.16. The lowest BCUT2D eigenvalue weighted by Crippen LogP contribution is -2.45. The second-order valence-corrected chi connectivity index (χ2v) is 12.8. The minimum absolute atomic E-state index is 0.147. The predicted molar refractivity (Wildman–Crippen MR) is 160 cm³/mol. The molecular weight excluding hydrogens is 484 g/mol. The van der Waals surface area contributed by atoms with Crippen LogP contribution in [0.4, 0.5) is 5.95 Å². The molecule has 1 saturated heterocycles. The molecule has 0 bridgehead atoms. The molecule has 3 aliphatic rings. The van der Waals surface area contributed by atoms with Gasteiger partial charge in [0.05, 0.1) is 17.8 Å². The van der Waals surface area contributed by atoms with Crippen molar-refractivity contribution in [2.24, 2.45) is 5.92 Å². The molecule has 5 rings (SSSR count). The van der Waals surface area contributed by atoms with E-state index in [-0.39, 0.29) is 6.10 Å². The van der Waals surface area contributed by atoms with Gasteiger partial charge in [-0.15, -0.1) is 5.10 Å². The Balaban J connectivity index is 1.32. The summed E-state index contributed by atoms with van der Waals surface area (Å²) in [5.74, 6) is 2.35. The van der Waals surface area contributed by atoms with Crippen LogP contribution in [0.1, 0.15) is 114 Å². The molecule has 2 aliphatic carbocycles. The van der Waals surface area contributed by atoms with Gasteiger partial charge in [0.1, 0.15) is 0 Å². The molecule has 2 aromatic heterocycles. The summed E-state index contributed by atoms with van der Waals surface area (Å²) in [7, 11) is 2.22. The van der Waals surface area contributed by atoms with Crippen LogP contribution in [0.2, 0.25) is 0 Å². The number of aromatic nitrogens is 3. The Bertz CT molecular complexity index is 1070. The largest absolute Gasteiger partial charge is 0.393 e. The first-order valence-electron chi connectivity index (χ1n) is 15.9. The summed E-state index contributed by atoms with van der Waals surface area (Å²) in [6.45, 7) is 13.6. The molecule has 216 valence electrons. The van der Waals surface area contributed by atoms with Gasteiger partial charge in [0.2, 0.25) is 5.95 Å². The van der Waals surface area contributed by atoms with Crippen molar-refractivity contribution in [3.05, 3.63) is 35.8 Å². The third-order valence-corrected chi connectivity index (χ3v) is 9.85. The number of nitrogens with one attached hydrogen (secondary N) is 1. The van der Waals surface area contributed by atoms with Crippen LogP contribution >= 0.6 is 0 Å². The third kappa shape index (κ3) is 6.79. The highest BCUT2D eigenvalue weighted by Gasteiger charge is 2.31. The fourth-order valence-corrected chi connectivity index (χ4v) is 7.18.